The second-order valence-electron chi connectivity index (χ2n) is 4.96. The van der Waals surface area contributed by atoms with Gasteiger partial charge in [0, 0.05) is 10.6 Å². The maximum Gasteiger partial charge on any atom is 0.320 e. The van der Waals surface area contributed by atoms with Crippen LogP contribution < -0.4 is 10.6 Å². The zero-order valence-electron chi connectivity index (χ0n) is 12.2. The Balaban J connectivity index is 1.76. The summed E-state index contributed by atoms with van der Waals surface area (Å²) in [4.78, 5) is 13.3. The van der Waals surface area contributed by atoms with E-state index in [9.17, 15) is 9.18 Å². The Morgan fingerprint density at radius 3 is 2.35 bits per heavy atom. The molecule has 116 valence electrons. The van der Waals surface area contributed by atoms with E-state index in [0.717, 1.165) is 10.4 Å². The number of carbonyl (C=O) groups is 1. The molecule has 5 heteroatoms. The van der Waals surface area contributed by atoms with Crippen LogP contribution >= 0.6 is 11.3 Å². The van der Waals surface area contributed by atoms with Crippen molar-refractivity contribution in [3.05, 3.63) is 88.4 Å². The number of halogens is 1. The first-order valence-corrected chi connectivity index (χ1v) is 8.02. The van der Waals surface area contributed by atoms with E-state index >= 15 is 0 Å². The van der Waals surface area contributed by atoms with Crippen molar-refractivity contribution in [2.24, 2.45) is 0 Å². The van der Waals surface area contributed by atoms with Crippen LogP contribution in [0.25, 0.3) is 0 Å². The van der Waals surface area contributed by atoms with Crippen molar-refractivity contribution in [3.63, 3.8) is 0 Å². The van der Waals surface area contributed by atoms with Gasteiger partial charge >= 0.3 is 6.03 Å². The second kappa shape index (κ2) is 7.07. The first kappa shape index (κ1) is 15.2. The third-order valence-corrected chi connectivity index (χ3v) is 4.28. The molecule has 2 amide bonds. The molecule has 0 aliphatic heterocycles. The van der Waals surface area contributed by atoms with Crippen LogP contribution in [-0.2, 0) is 0 Å². The molecule has 23 heavy (non-hydrogen) atoms. The van der Waals surface area contributed by atoms with Crippen molar-refractivity contribution >= 4 is 23.1 Å². The van der Waals surface area contributed by atoms with Gasteiger partial charge in [0.2, 0.25) is 0 Å². The molecule has 0 aliphatic rings. The summed E-state index contributed by atoms with van der Waals surface area (Å²) in [5, 5.41) is 7.66. The average Bonchev–Trinajstić information content (AvgIpc) is 3.10. The molecule has 0 saturated carbocycles. The fraction of sp³-hybridized carbons (Fsp3) is 0.0556. The quantitative estimate of drug-likeness (QED) is 0.710. The lowest BCUT2D eigenvalue weighted by atomic mass is 10.1. The molecule has 1 heterocycles. The van der Waals surface area contributed by atoms with Crippen LogP contribution in [0.1, 0.15) is 16.5 Å². The van der Waals surface area contributed by atoms with Gasteiger partial charge in [-0.15, -0.1) is 11.3 Å². The molecule has 2 N–H and O–H groups in total. The average molecular weight is 326 g/mol. The first-order valence-electron chi connectivity index (χ1n) is 7.14. The number of anilines is 1. The number of hydrogen-bond donors (Lipinski definition) is 2. The number of carbonyl (C=O) groups excluding carboxylic acids is 1. The molecule has 0 fully saturated rings. The van der Waals surface area contributed by atoms with E-state index in [1.807, 2.05) is 47.8 Å². The van der Waals surface area contributed by atoms with Crippen molar-refractivity contribution in [3.8, 4) is 0 Å². The standard InChI is InChI=1S/C18H15FN2OS/c19-14-8-10-15(11-9-14)20-18(22)21-17(16-7-4-12-23-16)13-5-2-1-3-6-13/h1-12,17H,(H2,20,21,22). The van der Waals surface area contributed by atoms with E-state index in [-0.39, 0.29) is 17.9 Å². The highest BCUT2D eigenvalue weighted by Gasteiger charge is 2.17. The highest BCUT2D eigenvalue weighted by atomic mass is 32.1. The Labute approximate surface area is 137 Å². The molecule has 3 aromatic rings. The normalized spacial score (nSPS) is 11.7. The number of benzene rings is 2. The summed E-state index contributed by atoms with van der Waals surface area (Å²) in [6.07, 6.45) is 0. The number of nitrogens with one attached hydrogen (secondary N) is 2. The van der Waals surface area contributed by atoms with E-state index in [1.165, 1.54) is 24.3 Å². The van der Waals surface area contributed by atoms with Gasteiger partial charge in [0.1, 0.15) is 5.82 Å². The summed E-state index contributed by atoms with van der Waals surface area (Å²) in [6.45, 7) is 0. The molecule has 0 radical (unpaired) electrons. The summed E-state index contributed by atoms with van der Waals surface area (Å²) < 4.78 is 12.9. The van der Waals surface area contributed by atoms with Gasteiger partial charge in [-0.05, 0) is 41.3 Å². The minimum absolute atomic E-state index is 0.225. The third kappa shape index (κ3) is 3.96. The molecule has 1 unspecified atom stereocenters. The van der Waals surface area contributed by atoms with Gasteiger partial charge in [-0.3, -0.25) is 0 Å². The highest BCUT2D eigenvalue weighted by Crippen LogP contribution is 2.26. The zero-order chi connectivity index (χ0) is 16.1. The van der Waals surface area contributed by atoms with Crippen LogP contribution in [0.2, 0.25) is 0 Å². The van der Waals surface area contributed by atoms with Gasteiger partial charge < -0.3 is 10.6 Å². The van der Waals surface area contributed by atoms with Crippen molar-refractivity contribution in [2.75, 3.05) is 5.32 Å². The van der Waals surface area contributed by atoms with Crippen LogP contribution in [0, 0.1) is 5.82 Å². The van der Waals surface area contributed by atoms with Gasteiger partial charge in [0.15, 0.2) is 0 Å². The predicted octanol–water partition coefficient (Wildman–Crippen LogP) is 4.80. The Morgan fingerprint density at radius 1 is 0.957 bits per heavy atom. The topological polar surface area (TPSA) is 41.1 Å². The Hall–Kier alpha value is -2.66. The van der Waals surface area contributed by atoms with Gasteiger partial charge in [0.05, 0.1) is 6.04 Å². The largest absolute Gasteiger partial charge is 0.326 e. The summed E-state index contributed by atoms with van der Waals surface area (Å²) in [7, 11) is 0. The lowest BCUT2D eigenvalue weighted by Gasteiger charge is -2.18. The predicted molar refractivity (Wildman–Crippen MR) is 91.2 cm³/mol. The zero-order valence-corrected chi connectivity index (χ0v) is 13.0. The number of urea groups is 1. The molecule has 1 atom stereocenters. The van der Waals surface area contributed by atoms with Crippen LogP contribution in [0.3, 0.4) is 0 Å². The van der Waals surface area contributed by atoms with Crippen molar-refractivity contribution < 1.29 is 9.18 Å². The molecule has 0 saturated heterocycles. The maximum absolute atomic E-state index is 12.9. The molecular weight excluding hydrogens is 311 g/mol. The van der Waals surface area contributed by atoms with Crippen molar-refractivity contribution in [1.82, 2.24) is 5.32 Å². The molecule has 0 aliphatic carbocycles. The number of amides is 2. The smallest absolute Gasteiger partial charge is 0.320 e. The van der Waals surface area contributed by atoms with E-state index in [0.29, 0.717) is 5.69 Å². The fourth-order valence-corrected chi connectivity index (χ4v) is 3.05. The van der Waals surface area contributed by atoms with Crippen LogP contribution in [0.5, 0.6) is 0 Å². The highest BCUT2D eigenvalue weighted by molar-refractivity contribution is 7.10. The number of rotatable bonds is 4. The van der Waals surface area contributed by atoms with E-state index in [2.05, 4.69) is 10.6 Å². The minimum atomic E-state index is -0.336. The Morgan fingerprint density at radius 2 is 1.70 bits per heavy atom. The van der Waals surface area contributed by atoms with Crippen LogP contribution in [0.4, 0.5) is 14.9 Å². The van der Waals surface area contributed by atoms with E-state index in [1.54, 1.807) is 11.3 Å². The van der Waals surface area contributed by atoms with Gasteiger partial charge in [-0.2, -0.15) is 0 Å². The van der Waals surface area contributed by atoms with Crippen molar-refractivity contribution in [1.29, 1.82) is 0 Å². The maximum atomic E-state index is 12.9. The molecule has 3 rings (SSSR count). The summed E-state index contributed by atoms with van der Waals surface area (Å²) in [6, 6.07) is 18.8. The van der Waals surface area contributed by atoms with E-state index in [4.69, 9.17) is 0 Å². The summed E-state index contributed by atoms with van der Waals surface area (Å²) >= 11 is 1.58. The molecular formula is C18H15FN2OS. The number of thiophene rings is 1. The Kier molecular flexibility index (Phi) is 4.68. The summed E-state index contributed by atoms with van der Waals surface area (Å²) in [5.41, 5.74) is 1.55. The van der Waals surface area contributed by atoms with Crippen molar-refractivity contribution in [2.45, 2.75) is 6.04 Å². The SMILES string of the molecule is O=C(Nc1ccc(F)cc1)NC(c1ccccc1)c1cccs1. The van der Waals surface area contributed by atoms with Gasteiger partial charge in [0.25, 0.3) is 0 Å². The third-order valence-electron chi connectivity index (χ3n) is 3.34. The molecule has 3 nitrogen and oxygen atoms in total. The van der Waals surface area contributed by atoms with Gasteiger partial charge in [-0.1, -0.05) is 36.4 Å². The molecule has 1 aromatic heterocycles. The van der Waals surface area contributed by atoms with E-state index < -0.39 is 0 Å². The molecule has 0 bridgehead atoms. The van der Waals surface area contributed by atoms with Gasteiger partial charge in [-0.25, -0.2) is 9.18 Å². The number of hydrogen-bond acceptors (Lipinski definition) is 2. The molecule has 0 spiro atoms. The lowest BCUT2D eigenvalue weighted by molar-refractivity contribution is 0.250. The Bertz CT molecular complexity index is 757. The van der Waals surface area contributed by atoms with Crippen LogP contribution in [-0.4, -0.2) is 6.03 Å². The lowest BCUT2D eigenvalue weighted by Crippen LogP contribution is -2.32. The minimum Gasteiger partial charge on any atom is -0.326 e. The fourth-order valence-electron chi connectivity index (χ4n) is 2.25. The van der Waals surface area contributed by atoms with Crippen LogP contribution in [0.15, 0.2) is 72.1 Å². The first-order chi connectivity index (χ1) is 11.2. The second-order valence-corrected chi connectivity index (χ2v) is 5.94. The summed E-state index contributed by atoms with van der Waals surface area (Å²) in [5.74, 6) is -0.336. The molecule has 2 aromatic carbocycles. The monoisotopic (exact) mass is 326 g/mol.